The minimum atomic E-state index is 0. The van der Waals surface area contributed by atoms with Gasteiger partial charge in [0.1, 0.15) is 0 Å². The van der Waals surface area contributed by atoms with E-state index in [1.807, 2.05) is 11.6 Å². The summed E-state index contributed by atoms with van der Waals surface area (Å²) in [4.78, 5) is 13.5. The van der Waals surface area contributed by atoms with Gasteiger partial charge in [-0.15, -0.1) is 35.3 Å². The number of guanidine groups is 1. The second-order valence-corrected chi connectivity index (χ2v) is 7.08. The van der Waals surface area contributed by atoms with Crippen LogP contribution in [0.2, 0.25) is 0 Å². The Morgan fingerprint density at radius 3 is 2.70 bits per heavy atom. The van der Waals surface area contributed by atoms with Crippen molar-refractivity contribution in [1.82, 2.24) is 9.88 Å². The zero-order valence-corrected chi connectivity index (χ0v) is 16.8. The van der Waals surface area contributed by atoms with Crippen molar-refractivity contribution in [1.29, 1.82) is 0 Å². The fraction of sp³-hybridized carbons (Fsp3) is 0.733. The number of methoxy groups -OCH3 is 1. The number of hydrogen-bond donors (Lipinski definition) is 1. The maximum absolute atomic E-state index is 6.19. The molecular formula is C15H26IN5OS. The van der Waals surface area contributed by atoms with Gasteiger partial charge in [-0.05, 0) is 24.7 Å². The molecule has 23 heavy (non-hydrogen) atoms. The highest BCUT2D eigenvalue weighted by Crippen LogP contribution is 2.48. The molecule has 0 unspecified atom stereocenters. The summed E-state index contributed by atoms with van der Waals surface area (Å²) in [5.74, 6) is 0.697. The summed E-state index contributed by atoms with van der Waals surface area (Å²) in [7, 11) is 1.76. The lowest BCUT2D eigenvalue weighted by Gasteiger charge is -2.35. The maximum atomic E-state index is 6.19. The molecule has 0 spiro atoms. The molecule has 2 aliphatic rings. The van der Waals surface area contributed by atoms with Gasteiger partial charge in [-0.25, -0.2) is 4.98 Å². The third kappa shape index (κ3) is 4.93. The largest absolute Gasteiger partial charge is 0.385 e. The Labute approximate surface area is 159 Å². The summed E-state index contributed by atoms with van der Waals surface area (Å²) in [6.45, 7) is 5.41. The average molecular weight is 451 g/mol. The number of piperazine rings is 1. The van der Waals surface area contributed by atoms with Crippen LogP contribution < -0.4 is 10.6 Å². The molecule has 0 radical (unpaired) electrons. The quantitative estimate of drug-likeness (QED) is 0.407. The molecule has 1 saturated carbocycles. The van der Waals surface area contributed by atoms with Crippen LogP contribution in [0.1, 0.15) is 19.3 Å². The highest BCUT2D eigenvalue weighted by Gasteiger charge is 2.41. The zero-order chi connectivity index (χ0) is 15.4. The maximum Gasteiger partial charge on any atom is 0.191 e. The van der Waals surface area contributed by atoms with Gasteiger partial charge in [0.25, 0.3) is 0 Å². The molecule has 2 heterocycles. The number of anilines is 1. The Bertz CT molecular complexity index is 498. The second kappa shape index (κ2) is 8.48. The summed E-state index contributed by atoms with van der Waals surface area (Å²) in [6, 6.07) is 0. The van der Waals surface area contributed by atoms with E-state index in [1.54, 1.807) is 18.4 Å². The summed E-state index contributed by atoms with van der Waals surface area (Å²) in [5, 5.41) is 3.12. The number of nitrogens with two attached hydrogens (primary N) is 1. The summed E-state index contributed by atoms with van der Waals surface area (Å²) < 4.78 is 5.19. The van der Waals surface area contributed by atoms with Crippen molar-refractivity contribution in [3.63, 3.8) is 0 Å². The number of aliphatic imine (C=N–C) groups is 1. The Balaban J connectivity index is 0.00000192. The lowest BCUT2D eigenvalue weighted by Crippen LogP contribution is -2.51. The number of halogens is 1. The molecule has 0 atom stereocenters. The van der Waals surface area contributed by atoms with E-state index in [2.05, 4.69) is 19.8 Å². The molecule has 3 rings (SSSR count). The molecule has 1 aromatic heterocycles. The summed E-state index contributed by atoms with van der Waals surface area (Å²) in [6.07, 6.45) is 5.46. The van der Waals surface area contributed by atoms with E-state index >= 15 is 0 Å². The molecule has 1 saturated heterocycles. The van der Waals surface area contributed by atoms with Crippen molar-refractivity contribution in [2.45, 2.75) is 19.3 Å². The molecule has 1 aromatic rings. The highest BCUT2D eigenvalue weighted by molar-refractivity contribution is 14.0. The SMILES string of the molecule is COCCC1(CN=C(N)N2CCN(c3nccs3)CC2)CC1.I. The van der Waals surface area contributed by atoms with Crippen LogP contribution >= 0.6 is 35.3 Å². The van der Waals surface area contributed by atoms with Crippen LogP contribution in [0.25, 0.3) is 0 Å². The van der Waals surface area contributed by atoms with Gasteiger partial charge in [-0.1, -0.05) is 0 Å². The van der Waals surface area contributed by atoms with Gasteiger partial charge in [-0.3, -0.25) is 4.99 Å². The lowest BCUT2D eigenvalue weighted by atomic mass is 10.0. The van der Waals surface area contributed by atoms with E-state index < -0.39 is 0 Å². The summed E-state index contributed by atoms with van der Waals surface area (Å²) >= 11 is 1.69. The van der Waals surface area contributed by atoms with Crippen LogP contribution in [0, 0.1) is 5.41 Å². The predicted octanol–water partition coefficient (Wildman–Crippen LogP) is 2.01. The van der Waals surface area contributed by atoms with Crippen molar-refractivity contribution < 1.29 is 4.74 Å². The fourth-order valence-electron chi connectivity index (χ4n) is 2.83. The van der Waals surface area contributed by atoms with Crippen LogP contribution in [0.3, 0.4) is 0 Å². The molecule has 0 amide bonds. The van der Waals surface area contributed by atoms with Gasteiger partial charge in [0.15, 0.2) is 11.1 Å². The third-order valence-corrected chi connectivity index (χ3v) is 5.50. The Hall–Kier alpha value is -0.610. The molecule has 0 aromatic carbocycles. The number of nitrogens with zero attached hydrogens (tertiary/aromatic N) is 4. The first-order valence-corrected chi connectivity index (χ1v) is 8.79. The van der Waals surface area contributed by atoms with Gasteiger partial charge in [-0.2, -0.15) is 0 Å². The van der Waals surface area contributed by atoms with Crippen LogP contribution in [-0.2, 0) is 4.74 Å². The minimum absolute atomic E-state index is 0. The molecule has 8 heteroatoms. The predicted molar refractivity (Wildman–Crippen MR) is 106 cm³/mol. The van der Waals surface area contributed by atoms with E-state index in [1.165, 1.54) is 12.8 Å². The van der Waals surface area contributed by atoms with Crippen molar-refractivity contribution in [2.75, 3.05) is 51.3 Å². The van der Waals surface area contributed by atoms with Crippen LogP contribution in [-0.4, -0.2) is 62.3 Å². The van der Waals surface area contributed by atoms with E-state index in [9.17, 15) is 0 Å². The van der Waals surface area contributed by atoms with E-state index in [0.29, 0.717) is 11.4 Å². The number of rotatable bonds is 6. The van der Waals surface area contributed by atoms with Gasteiger partial charge in [0, 0.05) is 58.0 Å². The van der Waals surface area contributed by atoms with E-state index in [-0.39, 0.29) is 24.0 Å². The molecule has 2 N–H and O–H groups in total. The Kier molecular flexibility index (Phi) is 6.90. The zero-order valence-electron chi connectivity index (χ0n) is 13.6. The Morgan fingerprint density at radius 1 is 1.39 bits per heavy atom. The van der Waals surface area contributed by atoms with Gasteiger partial charge in [0.05, 0.1) is 0 Å². The van der Waals surface area contributed by atoms with Crippen LogP contribution in [0.5, 0.6) is 0 Å². The topological polar surface area (TPSA) is 67.0 Å². The number of thiazole rings is 1. The van der Waals surface area contributed by atoms with Gasteiger partial charge >= 0.3 is 0 Å². The standard InChI is InChI=1S/C15H25N5OS.HI/c1-21-10-4-15(2-3-15)12-18-13(16)19-6-8-20(9-7-19)14-17-5-11-22-14;/h5,11H,2-4,6-10,12H2,1H3,(H2,16,18);1H. The minimum Gasteiger partial charge on any atom is -0.385 e. The highest BCUT2D eigenvalue weighted by atomic mass is 127. The number of aromatic nitrogens is 1. The number of ether oxygens (including phenoxy) is 1. The van der Waals surface area contributed by atoms with Crippen molar-refractivity contribution >= 4 is 46.4 Å². The van der Waals surface area contributed by atoms with Crippen molar-refractivity contribution in [3.05, 3.63) is 11.6 Å². The van der Waals surface area contributed by atoms with E-state index in [0.717, 1.165) is 50.9 Å². The van der Waals surface area contributed by atoms with Gasteiger partial charge in [0.2, 0.25) is 0 Å². The fourth-order valence-corrected chi connectivity index (χ4v) is 3.53. The molecular weight excluding hydrogens is 425 g/mol. The second-order valence-electron chi connectivity index (χ2n) is 6.21. The van der Waals surface area contributed by atoms with Gasteiger partial charge < -0.3 is 20.3 Å². The molecule has 6 nitrogen and oxygen atoms in total. The van der Waals surface area contributed by atoms with Crippen LogP contribution in [0.15, 0.2) is 16.6 Å². The summed E-state index contributed by atoms with van der Waals surface area (Å²) in [5.41, 5.74) is 6.55. The molecule has 1 aliphatic heterocycles. The third-order valence-electron chi connectivity index (χ3n) is 4.66. The molecule has 130 valence electrons. The van der Waals surface area contributed by atoms with E-state index in [4.69, 9.17) is 10.5 Å². The molecule has 2 fully saturated rings. The first-order valence-electron chi connectivity index (χ1n) is 7.91. The molecule has 1 aliphatic carbocycles. The van der Waals surface area contributed by atoms with Crippen molar-refractivity contribution in [3.8, 4) is 0 Å². The first-order chi connectivity index (χ1) is 10.7. The van der Waals surface area contributed by atoms with Crippen molar-refractivity contribution in [2.24, 2.45) is 16.1 Å². The lowest BCUT2D eigenvalue weighted by molar-refractivity contribution is 0.174. The van der Waals surface area contributed by atoms with Crippen LogP contribution in [0.4, 0.5) is 5.13 Å². The normalized spacial score (nSPS) is 20.3. The molecule has 0 bridgehead atoms. The smallest absolute Gasteiger partial charge is 0.191 e. The monoisotopic (exact) mass is 451 g/mol. The first kappa shape index (κ1) is 18.7. The number of hydrogen-bond acceptors (Lipinski definition) is 5. The average Bonchev–Trinajstić information content (AvgIpc) is 3.11. The Morgan fingerprint density at radius 2 is 2.13 bits per heavy atom.